The Labute approximate surface area is 193 Å². The minimum atomic E-state index is -1.22. The molecular weight excluding hydrogens is 430 g/mol. The summed E-state index contributed by atoms with van der Waals surface area (Å²) in [5, 5.41) is 17.1. The number of nitrogens with two attached hydrogens (primary N) is 2. The Bertz CT molecular complexity index is 771. The van der Waals surface area contributed by atoms with E-state index in [0.717, 1.165) is 6.42 Å². The number of aromatic amines is 1. The van der Waals surface area contributed by atoms with Crippen LogP contribution in [-0.4, -0.2) is 69.5 Å². The fourth-order valence-corrected chi connectivity index (χ4v) is 3.08. The third-order valence-electron chi connectivity index (χ3n) is 5.44. The number of unbranched alkanes of at least 4 members (excludes halogenated alkanes) is 1. The molecule has 186 valence electrons. The first kappa shape index (κ1) is 28.0. The van der Waals surface area contributed by atoms with Gasteiger partial charge in [0.2, 0.25) is 17.7 Å². The maximum atomic E-state index is 12.9. The van der Waals surface area contributed by atoms with E-state index in [1.54, 1.807) is 6.92 Å². The van der Waals surface area contributed by atoms with Crippen molar-refractivity contribution in [1.82, 2.24) is 25.9 Å². The van der Waals surface area contributed by atoms with Crippen molar-refractivity contribution in [3.63, 3.8) is 0 Å². The molecule has 5 unspecified atom stereocenters. The zero-order chi connectivity index (χ0) is 25.0. The van der Waals surface area contributed by atoms with Gasteiger partial charge in [0.1, 0.15) is 18.1 Å². The first-order valence-electron chi connectivity index (χ1n) is 11.2. The van der Waals surface area contributed by atoms with Gasteiger partial charge in [0.05, 0.1) is 12.4 Å². The van der Waals surface area contributed by atoms with Gasteiger partial charge in [-0.3, -0.25) is 14.4 Å². The van der Waals surface area contributed by atoms with Crippen molar-refractivity contribution < 1.29 is 24.3 Å². The molecule has 0 aliphatic heterocycles. The molecule has 5 atom stereocenters. The first-order valence-corrected chi connectivity index (χ1v) is 11.2. The topological polar surface area (TPSA) is 205 Å². The quantitative estimate of drug-likeness (QED) is 0.159. The van der Waals surface area contributed by atoms with Crippen molar-refractivity contribution in [1.29, 1.82) is 0 Å². The molecule has 0 aliphatic rings. The maximum absolute atomic E-state index is 12.9. The summed E-state index contributed by atoms with van der Waals surface area (Å²) in [4.78, 5) is 56.0. The number of hydrogen-bond donors (Lipinski definition) is 7. The van der Waals surface area contributed by atoms with E-state index in [9.17, 15) is 24.3 Å². The monoisotopic (exact) mass is 467 g/mol. The predicted octanol–water partition coefficient (Wildman–Crippen LogP) is -0.986. The van der Waals surface area contributed by atoms with Crippen LogP contribution in [0, 0.1) is 5.92 Å². The summed E-state index contributed by atoms with van der Waals surface area (Å²) in [6.07, 6.45) is 5.39. The second kappa shape index (κ2) is 14.2. The third kappa shape index (κ3) is 9.58. The van der Waals surface area contributed by atoms with Gasteiger partial charge < -0.3 is 37.5 Å². The first-order chi connectivity index (χ1) is 15.6. The Kier molecular flexibility index (Phi) is 12.1. The number of aromatic nitrogens is 2. The lowest BCUT2D eigenvalue weighted by atomic mass is 9.97. The summed E-state index contributed by atoms with van der Waals surface area (Å²) >= 11 is 0. The van der Waals surface area contributed by atoms with Crippen molar-refractivity contribution in [2.24, 2.45) is 17.4 Å². The molecule has 0 aliphatic carbocycles. The van der Waals surface area contributed by atoms with Gasteiger partial charge in [-0.05, 0) is 32.2 Å². The van der Waals surface area contributed by atoms with Crippen LogP contribution in [0.3, 0.4) is 0 Å². The van der Waals surface area contributed by atoms with Gasteiger partial charge in [-0.25, -0.2) is 9.78 Å². The van der Waals surface area contributed by atoms with Crippen LogP contribution in [0.15, 0.2) is 12.5 Å². The SMILES string of the molecule is CCC(C)C(NC(=O)C(N)CCCCN)C(=O)NC(C)C(=O)NC(Cc1cnc[nH]1)C(=O)O. The van der Waals surface area contributed by atoms with Crippen LogP contribution in [0.2, 0.25) is 0 Å². The van der Waals surface area contributed by atoms with Crippen molar-refractivity contribution in [3.05, 3.63) is 18.2 Å². The number of carbonyl (C=O) groups is 4. The minimum Gasteiger partial charge on any atom is -0.480 e. The lowest BCUT2D eigenvalue weighted by Gasteiger charge is -2.27. The van der Waals surface area contributed by atoms with Gasteiger partial charge in [0.15, 0.2) is 0 Å². The summed E-state index contributed by atoms with van der Waals surface area (Å²) in [5.74, 6) is -3.09. The Hall–Kier alpha value is -2.99. The Morgan fingerprint density at radius 1 is 1.09 bits per heavy atom. The van der Waals surface area contributed by atoms with Crippen molar-refractivity contribution >= 4 is 23.7 Å². The average molecular weight is 468 g/mol. The van der Waals surface area contributed by atoms with Crippen LogP contribution >= 0.6 is 0 Å². The fraction of sp³-hybridized carbons (Fsp3) is 0.667. The Morgan fingerprint density at radius 2 is 1.79 bits per heavy atom. The number of carbonyl (C=O) groups excluding carboxylic acids is 3. The molecular formula is C21H37N7O5. The molecule has 0 aromatic carbocycles. The molecule has 1 aromatic heterocycles. The van der Waals surface area contributed by atoms with Crippen molar-refractivity contribution in [2.75, 3.05) is 6.54 Å². The van der Waals surface area contributed by atoms with E-state index in [1.165, 1.54) is 19.4 Å². The van der Waals surface area contributed by atoms with E-state index in [0.29, 0.717) is 31.5 Å². The number of nitrogens with one attached hydrogen (secondary N) is 4. The maximum Gasteiger partial charge on any atom is 0.326 e. The summed E-state index contributed by atoms with van der Waals surface area (Å²) < 4.78 is 0. The van der Waals surface area contributed by atoms with Gasteiger partial charge in [-0.2, -0.15) is 0 Å². The highest BCUT2D eigenvalue weighted by Gasteiger charge is 2.31. The van der Waals surface area contributed by atoms with E-state index in [1.807, 2.05) is 6.92 Å². The molecule has 33 heavy (non-hydrogen) atoms. The number of rotatable bonds is 15. The highest BCUT2D eigenvalue weighted by atomic mass is 16.4. The zero-order valence-corrected chi connectivity index (χ0v) is 19.5. The molecule has 1 heterocycles. The summed E-state index contributed by atoms with van der Waals surface area (Å²) in [6, 6.07) is -3.88. The van der Waals surface area contributed by atoms with E-state index < -0.39 is 47.9 Å². The summed E-state index contributed by atoms with van der Waals surface area (Å²) in [7, 11) is 0. The average Bonchev–Trinajstić information content (AvgIpc) is 3.29. The predicted molar refractivity (Wildman–Crippen MR) is 122 cm³/mol. The second-order valence-corrected chi connectivity index (χ2v) is 8.17. The Balaban J connectivity index is 2.73. The van der Waals surface area contributed by atoms with Crippen LogP contribution in [-0.2, 0) is 25.6 Å². The van der Waals surface area contributed by atoms with Crippen LogP contribution in [0.5, 0.6) is 0 Å². The molecule has 12 nitrogen and oxygen atoms in total. The number of H-pyrrole nitrogens is 1. The van der Waals surface area contributed by atoms with Crippen LogP contribution < -0.4 is 27.4 Å². The van der Waals surface area contributed by atoms with Crippen LogP contribution in [0.4, 0.5) is 0 Å². The number of amides is 3. The van der Waals surface area contributed by atoms with E-state index >= 15 is 0 Å². The van der Waals surface area contributed by atoms with E-state index in [2.05, 4.69) is 25.9 Å². The highest BCUT2D eigenvalue weighted by molar-refractivity contribution is 5.94. The number of carboxylic acid groups (broad SMARTS) is 1. The molecule has 12 heteroatoms. The van der Waals surface area contributed by atoms with Gasteiger partial charge in [-0.1, -0.05) is 26.7 Å². The van der Waals surface area contributed by atoms with Gasteiger partial charge in [0, 0.05) is 18.3 Å². The normalized spacial score (nSPS) is 15.5. The molecule has 0 fully saturated rings. The minimum absolute atomic E-state index is 0.00926. The summed E-state index contributed by atoms with van der Waals surface area (Å²) in [5.41, 5.74) is 11.9. The summed E-state index contributed by atoms with van der Waals surface area (Å²) in [6.45, 7) is 5.63. The van der Waals surface area contributed by atoms with E-state index in [4.69, 9.17) is 11.5 Å². The molecule has 9 N–H and O–H groups in total. The smallest absolute Gasteiger partial charge is 0.326 e. The molecule has 0 bridgehead atoms. The largest absolute Gasteiger partial charge is 0.480 e. The fourth-order valence-electron chi connectivity index (χ4n) is 3.08. The number of aliphatic carboxylic acids is 1. The number of carboxylic acids is 1. The number of nitrogens with zero attached hydrogens (tertiary/aromatic N) is 1. The Morgan fingerprint density at radius 3 is 2.33 bits per heavy atom. The van der Waals surface area contributed by atoms with Gasteiger partial charge >= 0.3 is 5.97 Å². The number of imidazole rings is 1. The third-order valence-corrected chi connectivity index (χ3v) is 5.44. The molecule has 1 aromatic rings. The molecule has 1 rings (SSSR count). The molecule has 3 amide bonds. The lowest BCUT2D eigenvalue weighted by molar-refractivity contribution is -0.142. The standard InChI is InChI=1S/C21H37N7O5/c1-4-12(2)17(28-19(30)15(23)7-5-6-8-22)20(31)26-13(3)18(29)27-16(21(32)33)9-14-10-24-11-25-14/h10-13,15-17H,4-9,22-23H2,1-3H3,(H,24,25)(H,26,31)(H,27,29)(H,28,30)(H,32,33). The van der Waals surface area contributed by atoms with Crippen LogP contribution in [0.25, 0.3) is 0 Å². The molecule has 0 saturated carbocycles. The second-order valence-electron chi connectivity index (χ2n) is 8.17. The highest BCUT2D eigenvalue weighted by Crippen LogP contribution is 2.10. The molecule has 0 saturated heterocycles. The molecule has 0 spiro atoms. The van der Waals surface area contributed by atoms with E-state index in [-0.39, 0.29) is 12.3 Å². The number of hydrogen-bond acceptors (Lipinski definition) is 7. The van der Waals surface area contributed by atoms with Crippen molar-refractivity contribution in [2.45, 2.75) is 77.0 Å². The van der Waals surface area contributed by atoms with Gasteiger partial charge in [0.25, 0.3) is 0 Å². The van der Waals surface area contributed by atoms with Crippen LogP contribution in [0.1, 0.15) is 52.1 Å². The van der Waals surface area contributed by atoms with Gasteiger partial charge in [-0.15, -0.1) is 0 Å². The lowest BCUT2D eigenvalue weighted by Crippen LogP contribution is -2.58. The van der Waals surface area contributed by atoms with Crippen molar-refractivity contribution in [3.8, 4) is 0 Å². The molecule has 0 radical (unpaired) electrons. The zero-order valence-electron chi connectivity index (χ0n) is 19.5.